The van der Waals surface area contributed by atoms with Crippen LogP contribution in [0.4, 0.5) is 5.95 Å². The standard InChI is InChI=1S/C21H26N6OS/c1-29-13-9-18(19-24-16-7-2-3-8-17(16)25-19)26-20(28)15-6-4-12-27(14-15)21-22-10-5-11-23-21/h2-3,5,7-8,10-11,15,18H,4,6,9,12-14H2,1H3,(H,24,25)(H,26,28)/t15-,18+/m0/s1. The first-order chi connectivity index (χ1) is 14.2. The summed E-state index contributed by atoms with van der Waals surface area (Å²) < 4.78 is 0. The predicted octanol–water partition coefficient (Wildman–Crippen LogP) is 3.18. The number of piperidine rings is 1. The molecule has 4 rings (SSSR count). The highest BCUT2D eigenvalue weighted by molar-refractivity contribution is 7.98. The van der Waals surface area contributed by atoms with E-state index in [1.165, 1.54) is 0 Å². The van der Waals surface area contributed by atoms with Gasteiger partial charge in [0, 0.05) is 25.5 Å². The molecule has 0 unspecified atom stereocenters. The van der Waals surface area contributed by atoms with Crippen LogP contribution in [0.2, 0.25) is 0 Å². The van der Waals surface area contributed by atoms with Gasteiger partial charge in [-0.1, -0.05) is 12.1 Å². The number of carbonyl (C=O) groups is 1. The number of fused-ring (bicyclic) bond motifs is 1. The first kappa shape index (κ1) is 19.7. The molecule has 1 aromatic carbocycles. The van der Waals surface area contributed by atoms with Gasteiger partial charge in [0.05, 0.1) is 23.0 Å². The van der Waals surface area contributed by atoms with E-state index in [4.69, 9.17) is 4.98 Å². The maximum absolute atomic E-state index is 13.1. The lowest BCUT2D eigenvalue weighted by Gasteiger charge is -2.32. The smallest absolute Gasteiger partial charge is 0.225 e. The number of hydrogen-bond acceptors (Lipinski definition) is 6. The number of hydrogen-bond donors (Lipinski definition) is 2. The molecule has 0 aliphatic carbocycles. The lowest BCUT2D eigenvalue weighted by atomic mass is 9.97. The third-order valence-corrected chi connectivity index (χ3v) is 5.94. The van der Waals surface area contributed by atoms with Crippen LogP contribution in [0.25, 0.3) is 11.0 Å². The number of H-pyrrole nitrogens is 1. The number of aromatic amines is 1. The number of nitrogens with one attached hydrogen (secondary N) is 2. The van der Waals surface area contributed by atoms with Gasteiger partial charge in [-0.05, 0) is 49.5 Å². The quantitative estimate of drug-likeness (QED) is 0.622. The molecule has 1 aliphatic heterocycles. The molecule has 1 amide bonds. The lowest BCUT2D eigenvalue weighted by Crippen LogP contribution is -2.44. The van der Waals surface area contributed by atoms with Crippen molar-refractivity contribution in [2.24, 2.45) is 5.92 Å². The Bertz CT molecular complexity index is 914. The van der Waals surface area contributed by atoms with Crippen LogP contribution in [-0.2, 0) is 4.79 Å². The normalized spacial score (nSPS) is 18.0. The van der Waals surface area contributed by atoms with Gasteiger partial charge in [0.1, 0.15) is 5.82 Å². The fraction of sp³-hybridized carbons (Fsp3) is 0.429. The Labute approximate surface area is 174 Å². The van der Waals surface area contributed by atoms with Gasteiger partial charge in [0.25, 0.3) is 0 Å². The maximum atomic E-state index is 13.1. The predicted molar refractivity (Wildman–Crippen MR) is 117 cm³/mol. The topological polar surface area (TPSA) is 86.8 Å². The van der Waals surface area contributed by atoms with E-state index in [1.54, 1.807) is 30.2 Å². The number of carbonyl (C=O) groups excluding carboxylic acids is 1. The Hall–Kier alpha value is -2.61. The number of aromatic nitrogens is 4. The van der Waals surface area contributed by atoms with Crippen molar-refractivity contribution in [2.45, 2.75) is 25.3 Å². The van der Waals surface area contributed by atoms with Crippen molar-refractivity contribution in [1.82, 2.24) is 25.3 Å². The molecular weight excluding hydrogens is 384 g/mol. The van der Waals surface area contributed by atoms with Crippen LogP contribution in [0.15, 0.2) is 42.7 Å². The summed E-state index contributed by atoms with van der Waals surface area (Å²) in [4.78, 5) is 32.0. The minimum atomic E-state index is -0.120. The van der Waals surface area contributed by atoms with Crippen LogP contribution < -0.4 is 10.2 Å². The van der Waals surface area contributed by atoms with Crippen LogP contribution in [0.3, 0.4) is 0 Å². The zero-order chi connectivity index (χ0) is 20.1. The molecule has 0 radical (unpaired) electrons. The van der Waals surface area contributed by atoms with Crippen molar-refractivity contribution >= 4 is 34.7 Å². The van der Waals surface area contributed by atoms with Gasteiger partial charge in [-0.2, -0.15) is 11.8 Å². The Morgan fingerprint density at radius 3 is 2.93 bits per heavy atom. The van der Waals surface area contributed by atoms with E-state index in [0.717, 1.165) is 48.4 Å². The SMILES string of the molecule is CSCC[C@@H](NC(=O)[C@H]1CCCN(c2ncccn2)C1)c1nc2ccccc2[nH]1. The third-order valence-electron chi connectivity index (χ3n) is 5.29. The average molecular weight is 411 g/mol. The summed E-state index contributed by atoms with van der Waals surface area (Å²) in [6, 6.07) is 9.65. The lowest BCUT2D eigenvalue weighted by molar-refractivity contribution is -0.126. The number of imidazole rings is 1. The summed E-state index contributed by atoms with van der Waals surface area (Å²) in [7, 11) is 0. The highest BCUT2D eigenvalue weighted by Gasteiger charge is 2.29. The molecular formula is C21H26N6OS. The second kappa shape index (κ2) is 9.26. The summed E-state index contributed by atoms with van der Waals surface area (Å²) in [5, 5.41) is 3.26. The number of anilines is 1. The number of thioether (sulfide) groups is 1. The summed E-state index contributed by atoms with van der Waals surface area (Å²) >= 11 is 1.77. The van der Waals surface area contributed by atoms with Crippen molar-refractivity contribution in [3.63, 3.8) is 0 Å². The molecule has 1 fully saturated rings. The average Bonchev–Trinajstić information content (AvgIpc) is 3.21. The number of para-hydroxylation sites is 2. The van der Waals surface area contributed by atoms with Crippen molar-refractivity contribution in [3.05, 3.63) is 48.5 Å². The summed E-state index contributed by atoms with van der Waals surface area (Å²) in [5.41, 5.74) is 1.92. The zero-order valence-electron chi connectivity index (χ0n) is 16.5. The molecule has 29 heavy (non-hydrogen) atoms. The molecule has 0 bridgehead atoms. The largest absolute Gasteiger partial charge is 0.346 e. The van der Waals surface area contributed by atoms with Gasteiger partial charge in [0.2, 0.25) is 11.9 Å². The number of amides is 1. The molecule has 0 spiro atoms. The summed E-state index contributed by atoms with van der Waals surface area (Å²) in [5.74, 6) is 2.48. The molecule has 3 heterocycles. The van der Waals surface area contributed by atoms with E-state index in [2.05, 4.69) is 31.4 Å². The monoisotopic (exact) mass is 410 g/mol. The molecule has 2 N–H and O–H groups in total. The van der Waals surface area contributed by atoms with E-state index in [-0.39, 0.29) is 17.9 Å². The fourth-order valence-electron chi connectivity index (χ4n) is 3.77. The Morgan fingerprint density at radius 2 is 2.14 bits per heavy atom. The van der Waals surface area contributed by atoms with Gasteiger partial charge in [0.15, 0.2) is 0 Å². The Morgan fingerprint density at radius 1 is 1.31 bits per heavy atom. The van der Waals surface area contributed by atoms with Gasteiger partial charge < -0.3 is 15.2 Å². The molecule has 7 nitrogen and oxygen atoms in total. The highest BCUT2D eigenvalue weighted by atomic mass is 32.2. The summed E-state index contributed by atoms with van der Waals surface area (Å²) in [6.45, 7) is 1.53. The third kappa shape index (κ3) is 4.70. The van der Waals surface area contributed by atoms with E-state index in [0.29, 0.717) is 12.5 Å². The first-order valence-corrected chi connectivity index (χ1v) is 11.4. The van der Waals surface area contributed by atoms with Crippen molar-refractivity contribution in [2.75, 3.05) is 30.0 Å². The molecule has 2 atom stereocenters. The van der Waals surface area contributed by atoms with Gasteiger partial charge in [-0.3, -0.25) is 4.79 Å². The molecule has 2 aromatic heterocycles. The second-order valence-electron chi connectivity index (χ2n) is 7.32. The van der Waals surface area contributed by atoms with Gasteiger partial charge in [-0.25, -0.2) is 15.0 Å². The first-order valence-electron chi connectivity index (χ1n) is 10.0. The number of nitrogens with zero attached hydrogens (tertiary/aromatic N) is 4. The minimum Gasteiger partial charge on any atom is -0.346 e. The molecule has 0 saturated carbocycles. The van der Waals surface area contributed by atoms with Crippen LogP contribution in [0.5, 0.6) is 0 Å². The Balaban J connectivity index is 1.47. The van der Waals surface area contributed by atoms with Crippen molar-refractivity contribution < 1.29 is 4.79 Å². The fourth-order valence-corrected chi connectivity index (χ4v) is 4.24. The van der Waals surface area contributed by atoms with Crippen LogP contribution in [-0.4, -0.2) is 50.9 Å². The van der Waals surface area contributed by atoms with E-state index in [9.17, 15) is 4.79 Å². The minimum absolute atomic E-state index is 0.0753. The Kier molecular flexibility index (Phi) is 6.29. The van der Waals surface area contributed by atoms with Gasteiger partial charge in [-0.15, -0.1) is 0 Å². The van der Waals surface area contributed by atoms with Crippen LogP contribution in [0, 0.1) is 5.92 Å². The molecule has 1 saturated heterocycles. The van der Waals surface area contributed by atoms with Crippen molar-refractivity contribution in [3.8, 4) is 0 Å². The zero-order valence-corrected chi connectivity index (χ0v) is 17.4. The van der Waals surface area contributed by atoms with E-state index < -0.39 is 0 Å². The van der Waals surface area contributed by atoms with Gasteiger partial charge >= 0.3 is 0 Å². The molecule has 3 aromatic rings. The highest BCUT2D eigenvalue weighted by Crippen LogP contribution is 2.24. The molecule has 152 valence electrons. The molecule has 8 heteroatoms. The molecule has 1 aliphatic rings. The van der Waals surface area contributed by atoms with E-state index in [1.807, 2.05) is 24.3 Å². The number of benzene rings is 1. The second-order valence-corrected chi connectivity index (χ2v) is 8.30. The van der Waals surface area contributed by atoms with E-state index >= 15 is 0 Å². The summed E-state index contributed by atoms with van der Waals surface area (Å²) in [6.07, 6.45) is 8.24. The van der Waals surface area contributed by atoms with Crippen LogP contribution in [0.1, 0.15) is 31.1 Å². The van der Waals surface area contributed by atoms with Crippen molar-refractivity contribution in [1.29, 1.82) is 0 Å². The maximum Gasteiger partial charge on any atom is 0.225 e. The van der Waals surface area contributed by atoms with Crippen LogP contribution >= 0.6 is 11.8 Å². The number of rotatable bonds is 7.